The summed E-state index contributed by atoms with van der Waals surface area (Å²) in [6.45, 7) is 11.2. The molecule has 1 aromatic heterocycles. The molecule has 0 aliphatic carbocycles. The standard InChI is InChI=1S/C30H43N3O5S/c1-21(2)33-20-30(38-23(4)28(33)34)13-16-32(17-14-30)22(3)19-24-9-6-7-10-25(24)37-26(27-11-8-18-39-27)12-15-31(5)29(35)36/h6-11,18,21-23,26H,12-17,19-20H2,1-5H3,(H,35,36)/t22-,23+,26+/m0/s1. The van der Waals surface area contributed by atoms with E-state index in [4.69, 9.17) is 9.47 Å². The maximum atomic E-state index is 12.6. The van der Waals surface area contributed by atoms with Crippen LogP contribution in [0.5, 0.6) is 5.75 Å². The molecule has 1 spiro atoms. The van der Waals surface area contributed by atoms with Gasteiger partial charge in [-0.05, 0) is 70.0 Å². The monoisotopic (exact) mass is 557 g/mol. The van der Waals surface area contributed by atoms with E-state index in [0.29, 0.717) is 25.6 Å². The molecule has 39 heavy (non-hydrogen) atoms. The largest absolute Gasteiger partial charge is 0.485 e. The third-order valence-corrected chi connectivity index (χ3v) is 9.11. The van der Waals surface area contributed by atoms with Crippen LogP contribution in [0.1, 0.15) is 63.5 Å². The van der Waals surface area contributed by atoms with E-state index in [1.165, 1.54) is 4.90 Å². The van der Waals surface area contributed by atoms with Crippen molar-refractivity contribution < 1.29 is 24.2 Å². The van der Waals surface area contributed by atoms with Crippen molar-refractivity contribution in [1.29, 1.82) is 0 Å². The van der Waals surface area contributed by atoms with Crippen molar-refractivity contribution in [3.05, 3.63) is 52.2 Å². The lowest BCUT2D eigenvalue weighted by molar-refractivity contribution is -0.193. The van der Waals surface area contributed by atoms with Crippen LogP contribution >= 0.6 is 11.3 Å². The van der Waals surface area contributed by atoms with Crippen molar-refractivity contribution in [3.8, 4) is 5.75 Å². The molecule has 0 unspecified atom stereocenters. The Kier molecular flexibility index (Phi) is 9.56. The number of hydrogen-bond donors (Lipinski definition) is 1. The van der Waals surface area contributed by atoms with E-state index in [2.05, 4.69) is 31.7 Å². The summed E-state index contributed by atoms with van der Waals surface area (Å²) in [6, 6.07) is 12.7. The van der Waals surface area contributed by atoms with Gasteiger partial charge in [0.2, 0.25) is 0 Å². The number of likely N-dealkylation sites (tertiary alicyclic amines) is 1. The van der Waals surface area contributed by atoms with Crippen LogP contribution < -0.4 is 4.74 Å². The SMILES string of the molecule is CC(C)N1CC2(CCN([C@@H](C)Cc3ccccc3O[C@H](CCN(C)C(=O)O)c3cccs3)CC2)O[C@H](C)C1=O. The summed E-state index contributed by atoms with van der Waals surface area (Å²) >= 11 is 1.63. The first-order chi connectivity index (χ1) is 18.6. The molecule has 0 bridgehead atoms. The number of carboxylic acid groups (broad SMARTS) is 1. The Balaban J connectivity index is 1.40. The van der Waals surface area contributed by atoms with Crippen molar-refractivity contribution in [1.82, 2.24) is 14.7 Å². The van der Waals surface area contributed by atoms with E-state index in [0.717, 1.165) is 48.5 Å². The van der Waals surface area contributed by atoms with Gasteiger partial charge >= 0.3 is 6.09 Å². The molecule has 1 aromatic carbocycles. The number of rotatable bonds is 10. The Morgan fingerprint density at radius 2 is 1.92 bits per heavy atom. The third-order valence-electron chi connectivity index (χ3n) is 8.14. The number of nitrogens with zero attached hydrogens (tertiary/aromatic N) is 3. The number of para-hydroxylation sites is 1. The van der Waals surface area contributed by atoms with E-state index < -0.39 is 6.09 Å². The average Bonchev–Trinajstić information content (AvgIpc) is 3.44. The van der Waals surface area contributed by atoms with E-state index in [9.17, 15) is 14.7 Å². The number of thiophene rings is 1. The summed E-state index contributed by atoms with van der Waals surface area (Å²) < 4.78 is 12.9. The minimum Gasteiger partial charge on any atom is -0.485 e. The highest BCUT2D eigenvalue weighted by Gasteiger charge is 2.46. The summed E-state index contributed by atoms with van der Waals surface area (Å²) in [5.41, 5.74) is 0.892. The lowest BCUT2D eigenvalue weighted by atomic mass is 9.87. The van der Waals surface area contributed by atoms with Gasteiger partial charge in [0.1, 0.15) is 18.0 Å². The maximum absolute atomic E-state index is 12.6. The molecular weight excluding hydrogens is 514 g/mol. The van der Waals surface area contributed by atoms with Crippen molar-refractivity contribution in [2.24, 2.45) is 0 Å². The summed E-state index contributed by atoms with van der Waals surface area (Å²) in [5, 5.41) is 11.3. The lowest BCUT2D eigenvalue weighted by Gasteiger charge is -2.50. The number of carbonyl (C=O) groups excluding carboxylic acids is 1. The molecule has 4 rings (SSSR count). The number of ether oxygens (including phenoxy) is 2. The van der Waals surface area contributed by atoms with Crippen LogP contribution in [0.15, 0.2) is 41.8 Å². The van der Waals surface area contributed by atoms with E-state index in [-0.39, 0.29) is 29.8 Å². The molecule has 8 nitrogen and oxygen atoms in total. The van der Waals surface area contributed by atoms with Crippen molar-refractivity contribution in [2.45, 2.75) is 83.3 Å². The molecule has 2 aliphatic rings. The Bertz CT molecular complexity index is 1100. The Labute approximate surface area is 236 Å². The first-order valence-electron chi connectivity index (χ1n) is 14.0. The van der Waals surface area contributed by atoms with Crippen LogP contribution in [0.2, 0.25) is 0 Å². The van der Waals surface area contributed by atoms with Crippen LogP contribution in [-0.4, -0.2) is 88.8 Å². The quantitative estimate of drug-likeness (QED) is 0.428. The van der Waals surface area contributed by atoms with E-state index in [1.807, 2.05) is 47.5 Å². The number of benzene rings is 1. The van der Waals surface area contributed by atoms with Crippen LogP contribution in [0, 0.1) is 0 Å². The molecular formula is C30H43N3O5S. The van der Waals surface area contributed by atoms with Crippen LogP contribution in [-0.2, 0) is 16.0 Å². The summed E-state index contributed by atoms with van der Waals surface area (Å²) in [4.78, 5) is 30.8. The van der Waals surface area contributed by atoms with E-state index >= 15 is 0 Å². The Hall–Kier alpha value is -2.62. The molecule has 2 amide bonds. The lowest BCUT2D eigenvalue weighted by Crippen LogP contribution is -2.63. The number of carbonyl (C=O) groups is 2. The highest BCUT2D eigenvalue weighted by Crippen LogP contribution is 2.35. The fourth-order valence-corrected chi connectivity index (χ4v) is 6.49. The second-order valence-electron chi connectivity index (χ2n) is 11.3. The van der Waals surface area contributed by atoms with Gasteiger partial charge in [0.25, 0.3) is 5.91 Å². The minimum absolute atomic E-state index is 0.0958. The zero-order valence-corrected chi connectivity index (χ0v) is 24.7. The summed E-state index contributed by atoms with van der Waals surface area (Å²) in [6.07, 6.45) is 1.71. The molecule has 9 heteroatoms. The van der Waals surface area contributed by atoms with Crippen molar-refractivity contribution in [2.75, 3.05) is 33.2 Å². The number of piperidine rings is 1. The van der Waals surface area contributed by atoms with E-state index in [1.54, 1.807) is 18.4 Å². The minimum atomic E-state index is -0.936. The molecule has 1 N–H and O–H groups in total. The van der Waals surface area contributed by atoms with Crippen LogP contribution in [0.4, 0.5) is 4.79 Å². The number of morpholine rings is 1. The van der Waals surface area contributed by atoms with Gasteiger partial charge < -0.3 is 29.3 Å². The van der Waals surface area contributed by atoms with Crippen molar-refractivity contribution in [3.63, 3.8) is 0 Å². The number of hydrogen-bond acceptors (Lipinski definition) is 6. The fraction of sp³-hybridized carbons (Fsp3) is 0.600. The van der Waals surface area contributed by atoms with Gasteiger partial charge in [-0.3, -0.25) is 4.79 Å². The van der Waals surface area contributed by atoms with Gasteiger partial charge in [-0.2, -0.15) is 0 Å². The predicted octanol–water partition coefficient (Wildman–Crippen LogP) is 5.29. The van der Waals surface area contributed by atoms with Gasteiger partial charge in [-0.25, -0.2) is 4.79 Å². The maximum Gasteiger partial charge on any atom is 0.407 e. The van der Waals surface area contributed by atoms with Crippen LogP contribution in [0.25, 0.3) is 0 Å². The van der Waals surface area contributed by atoms with Gasteiger partial charge in [-0.15, -0.1) is 11.3 Å². The Morgan fingerprint density at radius 3 is 2.56 bits per heavy atom. The molecule has 2 aromatic rings. The normalized spacial score (nSPS) is 21.2. The first kappa shape index (κ1) is 29.4. The third kappa shape index (κ3) is 7.13. The topological polar surface area (TPSA) is 82.6 Å². The average molecular weight is 558 g/mol. The predicted molar refractivity (Wildman–Crippen MR) is 154 cm³/mol. The molecule has 2 saturated heterocycles. The molecule has 3 heterocycles. The molecule has 0 saturated carbocycles. The zero-order chi connectivity index (χ0) is 28.2. The highest BCUT2D eigenvalue weighted by molar-refractivity contribution is 7.10. The molecule has 2 aliphatic heterocycles. The molecule has 214 valence electrons. The zero-order valence-electron chi connectivity index (χ0n) is 23.8. The highest BCUT2D eigenvalue weighted by atomic mass is 32.1. The second-order valence-corrected chi connectivity index (χ2v) is 12.3. The fourth-order valence-electron chi connectivity index (χ4n) is 5.70. The van der Waals surface area contributed by atoms with Gasteiger partial charge in [0.15, 0.2) is 0 Å². The first-order valence-corrected chi connectivity index (χ1v) is 14.9. The van der Waals surface area contributed by atoms with Crippen LogP contribution in [0.3, 0.4) is 0 Å². The van der Waals surface area contributed by atoms with Gasteiger partial charge in [0, 0.05) is 50.1 Å². The summed E-state index contributed by atoms with van der Waals surface area (Å²) in [7, 11) is 1.59. The molecule has 0 radical (unpaired) electrons. The van der Waals surface area contributed by atoms with Crippen molar-refractivity contribution >= 4 is 23.3 Å². The number of amides is 2. The summed E-state index contributed by atoms with van der Waals surface area (Å²) in [5.74, 6) is 0.947. The van der Waals surface area contributed by atoms with Gasteiger partial charge in [0.05, 0.1) is 12.1 Å². The molecule has 2 fully saturated rings. The second kappa shape index (κ2) is 12.7. The Morgan fingerprint density at radius 1 is 1.21 bits per heavy atom. The molecule has 3 atom stereocenters. The van der Waals surface area contributed by atoms with Gasteiger partial charge in [-0.1, -0.05) is 24.3 Å². The smallest absolute Gasteiger partial charge is 0.407 e.